The Kier molecular flexibility index (Phi) is 18.5. The van der Waals surface area contributed by atoms with Gasteiger partial charge in [0.1, 0.15) is 10.2 Å². The number of anilines is 2. The summed E-state index contributed by atoms with van der Waals surface area (Å²) < 4.78 is 0.507. The molecule has 0 heterocycles. The van der Waals surface area contributed by atoms with Crippen LogP contribution in [0.25, 0.3) is 0 Å². The molecule has 0 aliphatic heterocycles. The summed E-state index contributed by atoms with van der Waals surface area (Å²) in [6.07, 6.45) is 19.7. The Labute approximate surface area is 222 Å². The third kappa shape index (κ3) is 13.8. The molecule has 0 radical (unpaired) electrons. The van der Waals surface area contributed by atoms with Crippen molar-refractivity contribution in [3.63, 3.8) is 0 Å². The normalized spacial score (nSPS) is 11.7. The van der Waals surface area contributed by atoms with E-state index in [1.54, 1.807) is 0 Å². The highest BCUT2D eigenvalue weighted by Crippen LogP contribution is 2.27. The number of rotatable bonds is 24. The van der Waals surface area contributed by atoms with Crippen LogP contribution in [0.3, 0.4) is 0 Å². The van der Waals surface area contributed by atoms with Gasteiger partial charge in [-0.25, -0.2) is 0 Å². The molecule has 0 saturated heterocycles. The van der Waals surface area contributed by atoms with Crippen molar-refractivity contribution < 1.29 is 0 Å². The van der Waals surface area contributed by atoms with E-state index in [2.05, 4.69) is 49.9 Å². The topological polar surface area (TPSA) is 35.6 Å². The van der Waals surface area contributed by atoms with Gasteiger partial charge in [-0.3, -0.25) is 4.79 Å². The monoisotopic (exact) mass is 507 g/mol. The van der Waals surface area contributed by atoms with Gasteiger partial charge < -0.3 is 15.1 Å². The largest absolute Gasteiger partial charge is 0.380 e. The standard InChI is InChI=1S/C30H57N3OS/c1-6-8-10-12-14-16-23-33(24-17-15-13-11-9-7-2)25-19-21-31-27-28(30(35)29(27)34)32(5)22-18-20-26(3)4/h26,31H,6-25H2,1-5H3. The first-order valence-electron chi connectivity index (χ1n) is 14.9. The van der Waals surface area contributed by atoms with Gasteiger partial charge in [-0.15, -0.1) is 0 Å². The number of nitrogens with one attached hydrogen (secondary N) is 1. The summed E-state index contributed by atoms with van der Waals surface area (Å²) in [5.41, 5.74) is 1.74. The summed E-state index contributed by atoms with van der Waals surface area (Å²) in [5.74, 6) is 0.709. The third-order valence-corrected chi connectivity index (χ3v) is 7.53. The minimum atomic E-state index is 0.0294. The molecular formula is C30H57N3OS. The molecule has 0 spiro atoms. The van der Waals surface area contributed by atoms with E-state index in [1.807, 2.05) is 0 Å². The Hall–Kier alpha value is -0.940. The van der Waals surface area contributed by atoms with Crippen LogP contribution in [0.4, 0.5) is 11.4 Å². The Morgan fingerprint density at radius 1 is 0.743 bits per heavy atom. The number of hydrogen-bond acceptors (Lipinski definition) is 5. The molecule has 1 aromatic rings. The fraction of sp³-hybridized carbons (Fsp3) is 0.867. The summed E-state index contributed by atoms with van der Waals surface area (Å²) in [4.78, 5) is 17.2. The van der Waals surface area contributed by atoms with Crippen LogP contribution in [-0.4, -0.2) is 44.7 Å². The van der Waals surface area contributed by atoms with Crippen LogP contribution in [0, 0.1) is 10.4 Å². The number of unbranched alkanes of at least 4 members (excludes halogenated alkanes) is 10. The summed E-state index contributed by atoms with van der Waals surface area (Å²) in [6, 6.07) is 0. The Morgan fingerprint density at radius 3 is 1.80 bits per heavy atom. The fourth-order valence-corrected chi connectivity index (χ4v) is 5.20. The highest BCUT2D eigenvalue weighted by molar-refractivity contribution is 7.71. The zero-order valence-electron chi connectivity index (χ0n) is 23.9. The first-order chi connectivity index (χ1) is 16.9. The van der Waals surface area contributed by atoms with Gasteiger partial charge in [0, 0.05) is 20.1 Å². The lowest BCUT2D eigenvalue weighted by atomic mass is 10.1. The average Bonchev–Trinajstić information content (AvgIpc) is 2.83. The lowest BCUT2D eigenvalue weighted by Gasteiger charge is -2.26. The van der Waals surface area contributed by atoms with Crippen molar-refractivity contribution in [2.24, 2.45) is 5.92 Å². The van der Waals surface area contributed by atoms with Crippen LogP contribution in [0.2, 0.25) is 0 Å². The van der Waals surface area contributed by atoms with Crippen LogP contribution >= 0.6 is 12.2 Å². The zero-order valence-corrected chi connectivity index (χ0v) is 24.7. The predicted octanol–water partition coefficient (Wildman–Crippen LogP) is 8.35. The number of hydrogen-bond donors (Lipinski definition) is 1. The minimum Gasteiger partial charge on any atom is -0.380 e. The molecule has 0 saturated carbocycles. The van der Waals surface area contributed by atoms with Gasteiger partial charge >= 0.3 is 0 Å². The highest BCUT2D eigenvalue weighted by atomic mass is 32.1. The highest BCUT2D eigenvalue weighted by Gasteiger charge is 2.20. The second-order valence-corrected chi connectivity index (χ2v) is 11.4. The van der Waals surface area contributed by atoms with Crippen molar-refractivity contribution >= 4 is 23.6 Å². The van der Waals surface area contributed by atoms with Gasteiger partial charge in [0.2, 0.25) is 5.43 Å². The van der Waals surface area contributed by atoms with Crippen molar-refractivity contribution in [3.8, 4) is 0 Å². The van der Waals surface area contributed by atoms with Crippen molar-refractivity contribution in [1.82, 2.24) is 4.90 Å². The lowest BCUT2D eigenvalue weighted by Crippen LogP contribution is -2.31. The van der Waals surface area contributed by atoms with Crippen LogP contribution < -0.4 is 15.6 Å². The molecule has 35 heavy (non-hydrogen) atoms. The van der Waals surface area contributed by atoms with Crippen LogP contribution in [0.15, 0.2) is 4.79 Å². The summed E-state index contributed by atoms with van der Waals surface area (Å²) in [5, 5.41) is 3.44. The Morgan fingerprint density at radius 2 is 1.26 bits per heavy atom. The van der Waals surface area contributed by atoms with Gasteiger partial charge in [0.25, 0.3) is 0 Å². The molecule has 5 heteroatoms. The molecule has 0 fully saturated rings. The maximum absolute atomic E-state index is 12.4. The fourth-order valence-electron chi connectivity index (χ4n) is 4.84. The first kappa shape index (κ1) is 32.1. The Bertz CT molecular complexity index is 695. The van der Waals surface area contributed by atoms with Crippen LogP contribution in [0.5, 0.6) is 0 Å². The van der Waals surface area contributed by atoms with E-state index in [1.165, 1.54) is 96.6 Å². The quantitative estimate of drug-likeness (QED) is 0.112. The Balaban J connectivity index is 2.44. The smallest absolute Gasteiger partial charge is 0.223 e. The molecular weight excluding hydrogens is 450 g/mol. The van der Waals surface area contributed by atoms with E-state index in [4.69, 9.17) is 12.2 Å². The summed E-state index contributed by atoms with van der Waals surface area (Å²) >= 11 is 5.38. The van der Waals surface area contributed by atoms with Crippen molar-refractivity contribution in [3.05, 3.63) is 14.7 Å². The van der Waals surface area contributed by atoms with Gasteiger partial charge in [-0.1, -0.05) is 104 Å². The molecule has 4 nitrogen and oxygen atoms in total. The summed E-state index contributed by atoms with van der Waals surface area (Å²) in [6.45, 7) is 14.4. The van der Waals surface area contributed by atoms with E-state index in [0.29, 0.717) is 10.4 Å². The molecule has 204 valence electrons. The minimum absolute atomic E-state index is 0.0294. The molecule has 0 aliphatic carbocycles. The van der Waals surface area contributed by atoms with E-state index in [-0.39, 0.29) is 5.43 Å². The van der Waals surface area contributed by atoms with Crippen molar-refractivity contribution in [2.75, 3.05) is 50.0 Å². The second kappa shape index (κ2) is 20.2. The molecule has 0 aliphatic rings. The average molecular weight is 508 g/mol. The van der Waals surface area contributed by atoms with Gasteiger partial charge in [0.15, 0.2) is 0 Å². The van der Waals surface area contributed by atoms with E-state index in [0.717, 1.165) is 43.9 Å². The zero-order chi connectivity index (χ0) is 25.9. The van der Waals surface area contributed by atoms with E-state index in [9.17, 15) is 4.79 Å². The molecule has 1 N–H and O–H groups in total. The lowest BCUT2D eigenvalue weighted by molar-refractivity contribution is 0.259. The summed E-state index contributed by atoms with van der Waals surface area (Å²) in [7, 11) is 2.07. The van der Waals surface area contributed by atoms with Crippen LogP contribution in [-0.2, 0) is 0 Å². The number of nitrogens with zero attached hydrogens (tertiary/aromatic N) is 2. The van der Waals surface area contributed by atoms with Gasteiger partial charge in [-0.2, -0.15) is 0 Å². The van der Waals surface area contributed by atoms with Crippen LogP contribution in [0.1, 0.15) is 124 Å². The van der Waals surface area contributed by atoms with Gasteiger partial charge in [0.05, 0.1) is 5.69 Å². The first-order valence-corrected chi connectivity index (χ1v) is 15.3. The van der Waals surface area contributed by atoms with Crippen molar-refractivity contribution in [2.45, 2.75) is 124 Å². The third-order valence-electron chi connectivity index (χ3n) is 7.15. The molecule has 0 atom stereocenters. The van der Waals surface area contributed by atoms with E-state index >= 15 is 0 Å². The molecule has 0 unspecified atom stereocenters. The molecule has 1 rings (SSSR count). The molecule has 0 aromatic heterocycles. The maximum Gasteiger partial charge on any atom is 0.223 e. The molecule has 0 amide bonds. The SMILES string of the molecule is CCCCCCCCN(CCCCCCCC)CCCNc1c(N(C)CCCC(C)C)c(=S)c1=O. The molecule has 1 aromatic carbocycles. The second-order valence-electron chi connectivity index (χ2n) is 11.0. The van der Waals surface area contributed by atoms with Gasteiger partial charge in [-0.05, 0) is 57.7 Å². The maximum atomic E-state index is 12.4. The van der Waals surface area contributed by atoms with E-state index < -0.39 is 0 Å². The predicted molar refractivity (Wildman–Crippen MR) is 160 cm³/mol. The molecule has 0 bridgehead atoms. The van der Waals surface area contributed by atoms with Crippen molar-refractivity contribution in [1.29, 1.82) is 0 Å².